The second kappa shape index (κ2) is 11.6. The summed E-state index contributed by atoms with van der Waals surface area (Å²) in [5.74, 6) is -0.525. The number of unbranched alkanes of at least 4 members (excludes halogenated alkanes) is 6. The number of carbonyl (C=O) groups excluding carboxylic acids is 1. The summed E-state index contributed by atoms with van der Waals surface area (Å²) in [6.45, 7) is 1.89. The van der Waals surface area contributed by atoms with Crippen molar-refractivity contribution in [3.8, 4) is 0 Å². The molecule has 0 saturated carbocycles. The van der Waals surface area contributed by atoms with E-state index in [4.69, 9.17) is 9.47 Å². The van der Waals surface area contributed by atoms with Crippen LogP contribution in [0.2, 0.25) is 0 Å². The van der Waals surface area contributed by atoms with Crippen LogP contribution >= 0.6 is 0 Å². The van der Waals surface area contributed by atoms with Gasteiger partial charge in [-0.2, -0.15) is 0 Å². The quantitative estimate of drug-likeness (QED) is 0.300. The summed E-state index contributed by atoms with van der Waals surface area (Å²) in [5.41, 5.74) is 0. The van der Waals surface area contributed by atoms with Gasteiger partial charge in [-0.25, -0.2) is 4.79 Å². The normalized spacial score (nSPS) is 25.8. The molecule has 4 unspecified atom stereocenters. The lowest BCUT2D eigenvalue weighted by atomic mass is 10.1. The number of carbonyl (C=O) groups is 1. The van der Waals surface area contributed by atoms with E-state index >= 15 is 0 Å². The first kappa shape index (κ1) is 20.1. The van der Waals surface area contributed by atoms with Gasteiger partial charge in [0.2, 0.25) is 0 Å². The van der Waals surface area contributed by atoms with Crippen LogP contribution in [0.1, 0.15) is 51.9 Å². The van der Waals surface area contributed by atoms with E-state index in [1.807, 2.05) is 0 Å². The molecule has 1 aliphatic heterocycles. The molecule has 134 valence electrons. The van der Waals surface area contributed by atoms with E-state index in [0.29, 0.717) is 0 Å². The fourth-order valence-corrected chi connectivity index (χ4v) is 2.50. The zero-order valence-electron chi connectivity index (χ0n) is 13.9. The van der Waals surface area contributed by atoms with Crippen molar-refractivity contribution in [1.29, 1.82) is 0 Å². The molecule has 23 heavy (non-hydrogen) atoms. The van der Waals surface area contributed by atoms with E-state index in [9.17, 15) is 20.1 Å². The molecule has 0 aromatic rings. The van der Waals surface area contributed by atoms with Gasteiger partial charge in [-0.3, -0.25) is 0 Å². The number of aliphatic hydroxyl groups excluding tert-OH is 3. The Hall–Kier alpha value is -0.950. The maximum absolute atomic E-state index is 11.5. The third-order valence-electron chi connectivity index (χ3n) is 3.94. The van der Waals surface area contributed by atoms with Crippen molar-refractivity contribution in [2.45, 2.75) is 76.3 Å². The van der Waals surface area contributed by atoms with Crippen LogP contribution in [0.3, 0.4) is 0 Å². The fraction of sp³-hybridized carbons (Fsp3) is 0.824. The number of allylic oxidation sites excluding steroid dienone is 1. The van der Waals surface area contributed by atoms with Crippen molar-refractivity contribution < 1.29 is 29.6 Å². The topological polar surface area (TPSA) is 96.2 Å². The average molecular weight is 330 g/mol. The third-order valence-corrected chi connectivity index (χ3v) is 3.94. The van der Waals surface area contributed by atoms with Crippen molar-refractivity contribution in [1.82, 2.24) is 0 Å². The minimum atomic E-state index is -1.16. The van der Waals surface area contributed by atoms with Crippen molar-refractivity contribution in [3.05, 3.63) is 12.2 Å². The molecule has 0 aromatic heterocycles. The highest BCUT2D eigenvalue weighted by Crippen LogP contribution is 2.17. The minimum Gasteiger partial charge on any atom is -0.460 e. The highest BCUT2D eigenvalue weighted by Gasteiger charge is 2.39. The van der Waals surface area contributed by atoms with Crippen molar-refractivity contribution in [2.24, 2.45) is 0 Å². The SMILES string of the molecule is CCCCCCCCC=CC(=O)OCC(O)C1OCC(O)C1O. The van der Waals surface area contributed by atoms with Gasteiger partial charge in [0.05, 0.1) is 6.61 Å². The van der Waals surface area contributed by atoms with Crippen LogP contribution in [0.4, 0.5) is 0 Å². The molecule has 6 nitrogen and oxygen atoms in total. The van der Waals surface area contributed by atoms with Crippen LogP contribution in [0.25, 0.3) is 0 Å². The molecule has 4 atom stereocenters. The molecule has 3 N–H and O–H groups in total. The maximum Gasteiger partial charge on any atom is 0.330 e. The molecule has 6 heteroatoms. The monoisotopic (exact) mass is 330 g/mol. The number of hydrogen-bond donors (Lipinski definition) is 3. The van der Waals surface area contributed by atoms with Gasteiger partial charge in [-0.1, -0.05) is 45.1 Å². The van der Waals surface area contributed by atoms with E-state index in [2.05, 4.69) is 6.92 Å². The van der Waals surface area contributed by atoms with Crippen LogP contribution in [0.15, 0.2) is 12.2 Å². The molecule has 1 fully saturated rings. The molecule has 1 saturated heterocycles. The molecule has 1 aliphatic rings. The summed E-state index contributed by atoms with van der Waals surface area (Å²) in [6.07, 6.45) is 6.95. The first-order valence-electron chi connectivity index (χ1n) is 8.55. The number of ether oxygens (including phenoxy) is 2. The first-order valence-corrected chi connectivity index (χ1v) is 8.55. The van der Waals surface area contributed by atoms with Crippen molar-refractivity contribution >= 4 is 5.97 Å². The van der Waals surface area contributed by atoms with Crippen LogP contribution in [0.5, 0.6) is 0 Å². The molecule has 0 bridgehead atoms. The zero-order chi connectivity index (χ0) is 17.1. The Labute approximate surface area is 138 Å². The van der Waals surface area contributed by atoms with Crippen LogP contribution in [0, 0.1) is 0 Å². The highest BCUT2D eigenvalue weighted by molar-refractivity contribution is 5.81. The van der Waals surface area contributed by atoms with Crippen LogP contribution < -0.4 is 0 Å². The van der Waals surface area contributed by atoms with E-state index < -0.39 is 30.4 Å². The summed E-state index contributed by atoms with van der Waals surface area (Å²) < 4.78 is 9.98. The molecule has 0 radical (unpaired) electrons. The Morgan fingerprint density at radius 3 is 2.61 bits per heavy atom. The maximum atomic E-state index is 11.5. The van der Waals surface area contributed by atoms with Gasteiger partial charge >= 0.3 is 5.97 Å². The van der Waals surface area contributed by atoms with Gasteiger partial charge < -0.3 is 24.8 Å². The van der Waals surface area contributed by atoms with E-state index in [0.717, 1.165) is 19.3 Å². The molecule has 0 spiro atoms. The summed E-state index contributed by atoms with van der Waals surface area (Å²) in [5, 5.41) is 28.7. The van der Waals surface area contributed by atoms with Gasteiger partial charge in [0.1, 0.15) is 31.0 Å². The second-order valence-corrected chi connectivity index (χ2v) is 6.01. The van der Waals surface area contributed by atoms with Gasteiger partial charge in [0.25, 0.3) is 0 Å². The van der Waals surface area contributed by atoms with Gasteiger partial charge in [0, 0.05) is 6.08 Å². The lowest BCUT2D eigenvalue weighted by Gasteiger charge is -2.20. The van der Waals surface area contributed by atoms with Crippen molar-refractivity contribution in [2.75, 3.05) is 13.2 Å². The van der Waals surface area contributed by atoms with E-state index in [-0.39, 0.29) is 13.2 Å². The minimum absolute atomic E-state index is 0.0327. The Morgan fingerprint density at radius 1 is 1.26 bits per heavy atom. The Balaban J connectivity index is 2.08. The summed E-state index contributed by atoms with van der Waals surface area (Å²) in [6, 6.07) is 0. The molecule has 0 aliphatic carbocycles. The Kier molecular flexibility index (Phi) is 10.1. The second-order valence-electron chi connectivity index (χ2n) is 6.01. The molecular weight excluding hydrogens is 300 g/mol. The third kappa shape index (κ3) is 7.92. The summed E-state index contributed by atoms with van der Waals surface area (Å²) >= 11 is 0. The summed E-state index contributed by atoms with van der Waals surface area (Å²) in [7, 11) is 0. The van der Waals surface area contributed by atoms with E-state index in [1.54, 1.807) is 6.08 Å². The predicted molar refractivity (Wildman–Crippen MR) is 85.9 cm³/mol. The Morgan fingerprint density at radius 2 is 1.96 bits per heavy atom. The van der Waals surface area contributed by atoms with Gasteiger partial charge in [0.15, 0.2) is 0 Å². The van der Waals surface area contributed by atoms with Gasteiger partial charge in [-0.15, -0.1) is 0 Å². The lowest BCUT2D eigenvalue weighted by molar-refractivity contribution is -0.145. The number of aliphatic hydroxyl groups is 3. The smallest absolute Gasteiger partial charge is 0.330 e. The number of esters is 1. The van der Waals surface area contributed by atoms with E-state index in [1.165, 1.54) is 31.8 Å². The zero-order valence-corrected chi connectivity index (χ0v) is 13.9. The molecule has 1 heterocycles. The van der Waals surface area contributed by atoms with Crippen LogP contribution in [-0.2, 0) is 14.3 Å². The fourth-order valence-electron chi connectivity index (χ4n) is 2.50. The molecule has 0 aromatic carbocycles. The average Bonchev–Trinajstić information content (AvgIpc) is 2.87. The van der Waals surface area contributed by atoms with Crippen LogP contribution in [-0.4, -0.2) is 58.9 Å². The lowest BCUT2D eigenvalue weighted by Crippen LogP contribution is -2.41. The standard InChI is InChI=1S/C17H30O6/c1-2-3-4-5-6-7-8-9-10-15(20)22-12-14(19)17-16(21)13(18)11-23-17/h9-10,13-14,16-19,21H,2-8,11-12H2,1H3. The summed E-state index contributed by atoms with van der Waals surface area (Å²) in [4.78, 5) is 11.5. The molecule has 0 amide bonds. The largest absolute Gasteiger partial charge is 0.460 e. The number of hydrogen-bond acceptors (Lipinski definition) is 6. The number of rotatable bonds is 11. The predicted octanol–water partition coefficient (Wildman–Crippen LogP) is 1.32. The first-order chi connectivity index (χ1) is 11.1. The van der Waals surface area contributed by atoms with Crippen molar-refractivity contribution in [3.63, 3.8) is 0 Å². The van der Waals surface area contributed by atoms with Gasteiger partial charge in [-0.05, 0) is 12.8 Å². The molecule has 1 rings (SSSR count). The highest BCUT2D eigenvalue weighted by atomic mass is 16.6. The molecular formula is C17H30O6. The Bertz CT molecular complexity index is 357.